The number of carbonyl (C=O) groups is 3. The van der Waals surface area contributed by atoms with E-state index in [0.717, 1.165) is 17.7 Å². The molecule has 5 N–H and O–H groups in total. The predicted octanol–water partition coefficient (Wildman–Crippen LogP) is 4.60. The average Bonchev–Trinajstić information content (AvgIpc) is 3.45. The Hall–Kier alpha value is -3.31. The lowest BCUT2D eigenvalue weighted by molar-refractivity contribution is -0.125. The molecular weight excluding hydrogens is 472 g/mol. The highest BCUT2D eigenvalue weighted by Gasteiger charge is 2.38. The quantitative estimate of drug-likeness (QED) is 0.392. The van der Waals surface area contributed by atoms with Gasteiger partial charge < -0.3 is 16.4 Å². The molecule has 3 amide bonds. The third kappa shape index (κ3) is 5.42. The van der Waals surface area contributed by atoms with Gasteiger partial charge in [-0.15, -0.1) is 11.3 Å². The third-order valence-electron chi connectivity index (χ3n) is 5.58. The molecule has 0 spiro atoms. The van der Waals surface area contributed by atoms with Crippen molar-refractivity contribution < 1.29 is 14.4 Å². The smallest absolute Gasteiger partial charge is 0.320 e. The molecule has 0 radical (unpaired) electrons. The number of thiazole rings is 2. The van der Waals surface area contributed by atoms with Crippen LogP contribution in [-0.4, -0.2) is 34.7 Å². The lowest BCUT2D eigenvalue weighted by Crippen LogP contribution is -2.24. The summed E-state index contributed by atoms with van der Waals surface area (Å²) in [5, 5.41) is 11.0. The maximum Gasteiger partial charge on any atom is 0.320 e. The molecule has 1 aromatic carbocycles. The zero-order valence-corrected chi connectivity index (χ0v) is 20.7. The minimum atomic E-state index is -0.375. The van der Waals surface area contributed by atoms with Crippen LogP contribution in [0.2, 0.25) is 0 Å². The largest absolute Gasteiger partial charge is 0.382 e. The van der Waals surface area contributed by atoms with Gasteiger partial charge in [0, 0.05) is 42.4 Å². The van der Waals surface area contributed by atoms with E-state index in [2.05, 4.69) is 39.8 Å². The number of ketones is 1. The predicted molar refractivity (Wildman–Crippen MR) is 136 cm³/mol. The highest BCUT2D eigenvalue weighted by atomic mass is 32.1. The number of amides is 3. The van der Waals surface area contributed by atoms with Gasteiger partial charge in [0.25, 0.3) is 0 Å². The Morgan fingerprint density at radius 3 is 2.74 bits per heavy atom. The molecule has 34 heavy (non-hydrogen) atoms. The highest BCUT2D eigenvalue weighted by Crippen LogP contribution is 2.40. The molecule has 1 atom stereocenters. The minimum Gasteiger partial charge on any atom is -0.382 e. The molecular formula is C23H26N6O3S2. The topological polar surface area (TPSA) is 139 Å². The SMILES string of the molecule is CNC(=O)Nc1nc(N)c(-c2nc(-c3cccc(NC(=O)C[C@H]4CC(C)(C)CC4=O)c3)cs2)s1. The maximum atomic E-state index is 12.6. The highest BCUT2D eigenvalue weighted by molar-refractivity contribution is 7.23. The van der Waals surface area contributed by atoms with Gasteiger partial charge in [-0.25, -0.2) is 14.8 Å². The van der Waals surface area contributed by atoms with Crippen LogP contribution in [0.5, 0.6) is 0 Å². The van der Waals surface area contributed by atoms with Gasteiger partial charge >= 0.3 is 6.03 Å². The summed E-state index contributed by atoms with van der Waals surface area (Å²) >= 11 is 2.66. The van der Waals surface area contributed by atoms with E-state index in [4.69, 9.17) is 5.73 Å². The number of anilines is 3. The van der Waals surface area contributed by atoms with E-state index in [0.29, 0.717) is 32.9 Å². The van der Waals surface area contributed by atoms with E-state index < -0.39 is 0 Å². The Morgan fingerprint density at radius 1 is 1.24 bits per heavy atom. The van der Waals surface area contributed by atoms with Gasteiger partial charge in [0.15, 0.2) is 5.13 Å². The number of benzene rings is 1. The molecule has 0 saturated heterocycles. The summed E-state index contributed by atoms with van der Waals surface area (Å²) in [5.41, 5.74) is 8.22. The number of nitrogens with zero attached hydrogens (tertiary/aromatic N) is 2. The molecule has 1 fully saturated rings. The third-order valence-corrected chi connectivity index (χ3v) is 7.56. The van der Waals surface area contributed by atoms with Crippen LogP contribution in [0.4, 0.5) is 21.4 Å². The molecule has 178 valence electrons. The lowest BCUT2D eigenvalue weighted by atomic mass is 9.90. The Bertz CT molecular complexity index is 1250. The van der Waals surface area contributed by atoms with Crippen LogP contribution in [0.1, 0.15) is 33.1 Å². The monoisotopic (exact) mass is 498 g/mol. The summed E-state index contributed by atoms with van der Waals surface area (Å²) in [6, 6.07) is 7.05. The van der Waals surface area contributed by atoms with Crippen LogP contribution in [0.25, 0.3) is 21.1 Å². The van der Waals surface area contributed by atoms with E-state index in [1.807, 2.05) is 29.6 Å². The fourth-order valence-electron chi connectivity index (χ4n) is 4.06. The summed E-state index contributed by atoms with van der Waals surface area (Å²) in [5.74, 6) is 0.0792. The standard InChI is InChI=1S/C23H26N6O3S2/c1-23(2)9-13(16(30)10-23)8-17(31)26-14-6-4-5-12(7-14)15-11-33-20(27-15)18-19(24)28-22(34-18)29-21(32)25-3/h4-7,11,13H,8-10,24H2,1-3H3,(H,26,31)(H2,25,28,29,32)/t13-/m0/s1. The molecule has 0 aliphatic heterocycles. The molecule has 0 bridgehead atoms. The molecule has 1 aliphatic carbocycles. The van der Waals surface area contributed by atoms with E-state index in [9.17, 15) is 14.4 Å². The fourth-order valence-corrected chi connectivity index (χ4v) is 5.86. The van der Waals surface area contributed by atoms with Crippen molar-refractivity contribution in [2.75, 3.05) is 23.4 Å². The second-order valence-corrected chi connectivity index (χ2v) is 10.9. The number of rotatable bonds is 6. The summed E-state index contributed by atoms with van der Waals surface area (Å²) in [7, 11) is 1.52. The van der Waals surface area contributed by atoms with E-state index in [1.165, 1.54) is 29.7 Å². The van der Waals surface area contributed by atoms with Crippen LogP contribution in [-0.2, 0) is 9.59 Å². The molecule has 2 heterocycles. The zero-order valence-electron chi connectivity index (χ0n) is 19.1. The number of nitrogen functional groups attached to an aromatic ring is 1. The maximum absolute atomic E-state index is 12.6. The van der Waals surface area contributed by atoms with E-state index in [-0.39, 0.29) is 35.5 Å². The van der Waals surface area contributed by atoms with Crippen LogP contribution >= 0.6 is 22.7 Å². The van der Waals surface area contributed by atoms with Crippen LogP contribution in [0, 0.1) is 11.3 Å². The number of aromatic nitrogens is 2. The number of hydrogen-bond acceptors (Lipinski definition) is 8. The Morgan fingerprint density at radius 2 is 2.03 bits per heavy atom. The first-order chi connectivity index (χ1) is 16.1. The normalized spacial score (nSPS) is 16.9. The average molecular weight is 499 g/mol. The molecule has 9 nitrogen and oxygen atoms in total. The molecule has 3 aromatic rings. The second-order valence-electron chi connectivity index (χ2n) is 9.02. The summed E-state index contributed by atoms with van der Waals surface area (Å²) in [6.07, 6.45) is 1.46. The summed E-state index contributed by atoms with van der Waals surface area (Å²) in [6.45, 7) is 4.13. The number of hydrogen-bond donors (Lipinski definition) is 4. The van der Waals surface area contributed by atoms with Crippen molar-refractivity contribution in [3.63, 3.8) is 0 Å². The van der Waals surface area contributed by atoms with Gasteiger partial charge in [0.05, 0.1) is 5.69 Å². The fraction of sp³-hybridized carbons (Fsp3) is 0.348. The van der Waals surface area contributed by atoms with Gasteiger partial charge in [-0.2, -0.15) is 0 Å². The molecule has 1 aliphatic rings. The van der Waals surface area contributed by atoms with E-state index >= 15 is 0 Å². The number of Topliss-reactive ketones (excluding diaryl/α,β-unsaturated/α-hetero) is 1. The Balaban J connectivity index is 1.45. The van der Waals surface area contributed by atoms with Crippen molar-refractivity contribution in [3.05, 3.63) is 29.6 Å². The first kappa shape index (κ1) is 23.8. The Labute approximate surface area is 205 Å². The van der Waals surface area contributed by atoms with Crippen molar-refractivity contribution in [3.8, 4) is 21.1 Å². The number of carbonyl (C=O) groups excluding carboxylic acids is 3. The number of urea groups is 1. The Kier molecular flexibility index (Phi) is 6.67. The van der Waals surface area contributed by atoms with Crippen molar-refractivity contribution in [1.29, 1.82) is 0 Å². The molecule has 1 saturated carbocycles. The lowest BCUT2D eigenvalue weighted by Gasteiger charge is -2.15. The summed E-state index contributed by atoms with van der Waals surface area (Å²) in [4.78, 5) is 45.8. The minimum absolute atomic E-state index is 0.0367. The van der Waals surface area contributed by atoms with Gasteiger partial charge in [-0.3, -0.25) is 14.9 Å². The van der Waals surface area contributed by atoms with Gasteiger partial charge in [-0.1, -0.05) is 37.3 Å². The van der Waals surface area contributed by atoms with Crippen molar-refractivity contribution in [1.82, 2.24) is 15.3 Å². The second kappa shape index (κ2) is 9.51. The molecule has 0 unspecified atom stereocenters. The summed E-state index contributed by atoms with van der Waals surface area (Å²) < 4.78 is 0. The van der Waals surface area contributed by atoms with Crippen molar-refractivity contribution in [2.24, 2.45) is 11.3 Å². The van der Waals surface area contributed by atoms with Gasteiger partial charge in [-0.05, 0) is 24.0 Å². The number of nitrogens with one attached hydrogen (secondary N) is 3. The zero-order chi connectivity index (χ0) is 24.5. The van der Waals surface area contributed by atoms with E-state index in [1.54, 1.807) is 0 Å². The first-order valence-electron chi connectivity index (χ1n) is 10.8. The van der Waals surface area contributed by atoms with Gasteiger partial charge in [0.1, 0.15) is 21.5 Å². The number of nitrogens with two attached hydrogens (primary N) is 1. The van der Waals surface area contributed by atoms with Crippen LogP contribution in [0.3, 0.4) is 0 Å². The van der Waals surface area contributed by atoms with Crippen LogP contribution < -0.4 is 21.7 Å². The molecule has 2 aromatic heterocycles. The van der Waals surface area contributed by atoms with Crippen molar-refractivity contribution in [2.45, 2.75) is 33.1 Å². The molecule has 4 rings (SSSR count). The van der Waals surface area contributed by atoms with Gasteiger partial charge in [0.2, 0.25) is 5.91 Å². The van der Waals surface area contributed by atoms with Crippen LogP contribution in [0.15, 0.2) is 29.6 Å². The van der Waals surface area contributed by atoms with Crippen molar-refractivity contribution >= 4 is 57.0 Å². The molecule has 11 heteroatoms. The first-order valence-corrected chi connectivity index (χ1v) is 12.5.